The summed E-state index contributed by atoms with van der Waals surface area (Å²) in [5.41, 5.74) is 1.87. The molecule has 152 valence electrons. The molecule has 4 heterocycles. The molecule has 0 spiro atoms. The number of hydrogen-bond acceptors (Lipinski definition) is 5. The summed E-state index contributed by atoms with van der Waals surface area (Å²) >= 11 is 0. The summed E-state index contributed by atoms with van der Waals surface area (Å²) in [6, 6.07) is 4.50. The van der Waals surface area contributed by atoms with Crippen LogP contribution >= 0.6 is 0 Å². The number of nitrogens with zero attached hydrogens (tertiary/aromatic N) is 4. The minimum absolute atomic E-state index is 0.198. The number of piperazine rings is 1. The van der Waals surface area contributed by atoms with Gasteiger partial charge in [0.25, 0.3) is 0 Å². The van der Waals surface area contributed by atoms with Crippen LogP contribution in [0.2, 0.25) is 0 Å². The molecule has 28 heavy (non-hydrogen) atoms. The van der Waals surface area contributed by atoms with Gasteiger partial charge in [0.15, 0.2) is 0 Å². The van der Waals surface area contributed by atoms with Crippen molar-refractivity contribution < 1.29 is 9.53 Å². The fourth-order valence-electron chi connectivity index (χ4n) is 4.22. The lowest BCUT2D eigenvalue weighted by Gasteiger charge is -2.40. The fraction of sp³-hybridized carbons (Fsp3) is 0.619. The largest absolute Gasteiger partial charge is 0.374 e. The minimum Gasteiger partial charge on any atom is -0.374 e. The van der Waals surface area contributed by atoms with Crippen LogP contribution in [0, 0.1) is 0 Å². The third kappa shape index (κ3) is 4.37. The van der Waals surface area contributed by atoms with Gasteiger partial charge >= 0.3 is 0 Å². The molecule has 1 N–H and O–H groups in total. The molecule has 4 rings (SSSR count). The van der Waals surface area contributed by atoms with Crippen molar-refractivity contribution in [3.63, 3.8) is 0 Å². The number of carbonyl (C=O) groups excluding carboxylic acids is 1. The second kappa shape index (κ2) is 8.59. The Morgan fingerprint density at radius 1 is 1.29 bits per heavy atom. The summed E-state index contributed by atoms with van der Waals surface area (Å²) in [5.74, 6) is 0.198. The van der Waals surface area contributed by atoms with Crippen LogP contribution < -0.4 is 0 Å². The van der Waals surface area contributed by atoms with Crippen LogP contribution in [-0.2, 0) is 16.0 Å². The van der Waals surface area contributed by atoms with Gasteiger partial charge < -0.3 is 14.6 Å². The van der Waals surface area contributed by atoms with Crippen molar-refractivity contribution in [1.82, 2.24) is 24.7 Å². The Morgan fingerprint density at radius 2 is 2.11 bits per heavy atom. The van der Waals surface area contributed by atoms with E-state index >= 15 is 0 Å². The van der Waals surface area contributed by atoms with Crippen LogP contribution in [0.1, 0.15) is 19.4 Å². The van der Waals surface area contributed by atoms with Crippen LogP contribution in [0.15, 0.2) is 24.5 Å². The van der Waals surface area contributed by atoms with Crippen LogP contribution in [0.5, 0.6) is 0 Å². The third-order valence-corrected chi connectivity index (χ3v) is 5.97. The molecule has 2 aromatic heterocycles. The Kier molecular flexibility index (Phi) is 5.94. The van der Waals surface area contributed by atoms with E-state index < -0.39 is 0 Å². The number of aromatic nitrogens is 2. The average Bonchev–Trinajstić information content (AvgIpc) is 3.12. The van der Waals surface area contributed by atoms with Crippen molar-refractivity contribution in [1.29, 1.82) is 0 Å². The first-order chi connectivity index (χ1) is 13.6. The molecule has 2 aliphatic heterocycles. The molecule has 0 aliphatic carbocycles. The summed E-state index contributed by atoms with van der Waals surface area (Å²) in [4.78, 5) is 27.1. The molecule has 2 fully saturated rings. The topological polar surface area (TPSA) is 64.7 Å². The molecule has 1 atom stereocenters. The molecule has 0 aromatic carbocycles. The van der Waals surface area contributed by atoms with E-state index in [0.717, 1.165) is 69.0 Å². The van der Waals surface area contributed by atoms with Crippen molar-refractivity contribution in [2.45, 2.75) is 32.4 Å². The molecule has 2 aromatic rings. The number of hydrogen-bond donors (Lipinski definition) is 1. The van der Waals surface area contributed by atoms with Crippen LogP contribution in [-0.4, -0.2) is 95.1 Å². The number of fused-ring (bicyclic) bond motifs is 1. The van der Waals surface area contributed by atoms with Crippen molar-refractivity contribution in [2.75, 3.05) is 52.4 Å². The van der Waals surface area contributed by atoms with E-state index in [1.54, 1.807) is 6.20 Å². The van der Waals surface area contributed by atoms with E-state index in [9.17, 15) is 4.79 Å². The highest BCUT2D eigenvalue weighted by Crippen LogP contribution is 2.18. The maximum atomic E-state index is 12.8. The second-order valence-electron chi connectivity index (χ2n) is 8.15. The van der Waals surface area contributed by atoms with Crippen molar-refractivity contribution >= 4 is 16.9 Å². The number of amides is 1. The predicted molar refractivity (Wildman–Crippen MR) is 109 cm³/mol. The van der Waals surface area contributed by atoms with Crippen molar-refractivity contribution in [2.24, 2.45) is 0 Å². The minimum atomic E-state index is 0.198. The van der Waals surface area contributed by atoms with Crippen LogP contribution in [0.25, 0.3) is 11.0 Å². The lowest BCUT2D eigenvalue weighted by atomic mass is 10.1. The van der Waals surface area contributed by atoms with E-state index in [2.05, 4.69) is 33.6 Å². The monoisotopic (exact) mass is 385 g/mol. The van der Waals surface area contributed by atoms with Gasteiger partial charge in [0.05, 0.1) is 19.1 Å². The first-order valence-electron chi connectivity index (χ1n) is 10.4. The maximum Gasteiger partial charge on any atom is 0.227 e. The van der Waals surface area contributed by atoms with Crippen molar-refractivity contribution in [3.05, 3.63) is 30.1 Å². The van der Waals surface area contributed by atoms with Gasteiger partial charge in [0.2, 0.25) is 5.91 Å². The lowest BCUT2D eigenvalue weighted by molar-refractivity contribution is -0.132. The van der Waals surface area contributed by atoms with Crippen molar-refractivity contribution in [3.8, 4) is 0 Å². The first kappa shape index (κ1) is 19.4. The Hall–Kier alpha value is -1.96. The van der Waals surface area contributed by atoms with Gasteiger partial charge in [-0.1, -0.05) is 0 Å². The smallest absolute Gasteiger partial charge is 0.227 e. The summed E-state index contributed by atoms with van der Waals surface area (Å²) in [5, 5.41) is 1.04. The molecule has 0 radical (unpaired) electrons. The van der Waals surface area contributed by atoms with E-state index in [1.165, 1.54) is 0 Å². The Bertz CT molecular complexity index is 797. The Labute approximate surface area is 166 Å². The number of pyridine rings is 1. The molecular weight excluding hydrogens is 354 g/mol. The highest BCUT2D eigenvalue weighted by Gasteiger charge is 2.27. The van der Waals surface area contributed by atoms with E-state index in [0.29, 0.717) is 12.5 Å². The van der Waals surface area contributed by atoms with Gasteiger partial charge in [-0.05, 0) is 31.5 Å². The third-order valence-electron chi connectivity index (χ3n) is 5.97. The van der Waals surface area contributed by atoms with Gasteiger partial charge in [-0.2, -0.15) is 0 Å². The standard InChI is InChI=1S/C21H31N5O2/c1-16(2)26-10-11-28-18(15-26)14-24-6-8-25(9-7-24)20(27)12-17-13-23-21-19(17)4-3-5-22-21/h3-5,13,16,18H,6-12,14-15H2,1-2H3,(H,22,23)/t18-/m0/s1. The normalized spacial score (nSPS) is 22.2. The molecule has 1 amide bonds. The molecule has 0 bridgehead atoms. The SMILES string of the molecule is CC(C)N1CCO[C@@H](CN2CCN(C(=O)Cc3c[nH]c4ncccc34)CC2)C1. The lowest BCUT2D eigenvalue weighted by Crippen LogP contribution is -2.54. The average molecular weight is 386 g/mol. The second-order valence-corrected chi connectivity index (χ2v) is 8.15. The van der Waals surface area contributed by atoms with Gasteiger partial charge in [-0.3, -0.25) is 14.6 Å². The molecule has 0 unspecified atom stereocenters. The van der Waals surface area contributed by atoms with Gasteiger partial charge in [-0.25, -0.2) is 4.98 Å². The molecule has 7 heteroatoms. The summed E-state index contributed by atoms with van der Waals surface area (Å²) in [7, 11) is 0. The summed E-state index contributed by atoms with van der Waals surface area (Å²) in [6.45, 7) is 11.7. The maximum absolute atomic E-state index is 12.8. The number of aromatic amines is 1. The zero-order chi connectivity index (χ0) is 19.5. The summed E-state index contributed by atoms with van der Waals surface area (Å²) < 4.78 is 5.97. The zero-order valence-electron chi connectivity index (χ0n) is 16.9. The molecule has 0 saturated carbocycles. The van der Waals surface area contributed by atoms with Crippen LogP contribution in [0.4, 0.5) is 0 Å². The number of carbonyl (C=O) groups is 1. The van der Waals surface area contributed by atoms with E-state index in [4.69, 9.17) is 4.74 Å². The predicted octanol–water partition coefficient (Wildman–Crippen LogP) is 1.36. The number of morpholine rings is 1. The Balaban J connectivity index is 1.26. The van der Waals surface area contributed by atoms with Crippen LogP contribution in [0.3, 0.4) is 0 Å². The Morgan fingerprint density at radius 3 is 2.89 bits per heavy atom. The van der Waals surface area contributed by atoms with E-state index in [1.807, 2.05) is 23.2 Å². The zero-order valence-corrected chi connectivity index (χ0v) is 16.9. The molecule has 2 saturated heterocycles. The molecule has 7 nitrogen and oxygen atoms in total. The highest BCUT2D eigenvalue weighted by molar-refractivity contribution is 5.87. The number of rotatable bonds is 5. The quantitative estimate of drug-likeness (QED) is 0.842. The highest BCUT2D eigenvalue weighted by atomic mass is 16.5. The number of ether oxygens (including phenoxy) is 1. The molecular formula is C21H31N5O2. The van der Waals surface area contributed by atoms with Gasteiger partial charge in [0, 0.05) is 69.6 Å². The van der Waals surface area contributed by atoms with E-state index in [-0.39, 0.29) is 12.0 Å². The van der Waals surface area contributed by atoms with Gasteiger partial charge in [0.1, 0.15) is 5.65 Å². The number of nitrogens with one attached hydrogen (secondary N) is 1. The van der Waals surface area contributed by atoms with Gasteiger partial charge in [-0.15, -0.1) is 0 Å². The number of H-pyrrole nitrogens is 1. The first-order valence-corrected chi connectivity index (χ1v) is 10.4. The molecule has 2 aliphatic rings. The summed E-state index contributed by atoms with van der Waals surface area (Å²) in [6.07, 6.45) is 4.38. The fourth-order valence-corrected chi connectivity index (χ4v) is 4.22.